The van der Waals surface area contributed by atoms with Crippen molar-refractivity contribution in [1.29, 1.82) is 0 Å². The molecule has 1 aromatic carbocycles. The van der Waals surface area contributed by atoms with Crippen molar-refractivity contribution in [1.82, 2.24) is 25.1 Å². The van der Waals surface area contributed by atoms with Gasteiger partial charge in [-0.15, -0.1) is 5.10 Å². The SMILES string of the molecule is O=c1cc(CN2CCOCC2)oc2c(OCc3nnnn3C3CC3)cccc12. The van der Waals surface area contributed by atoms with Crippen LogP contribution < -0.4 is 10.2 Å². The number of ether oxygens (including phenoxy) is 2. The molecule has 2 aliphatic rings. The van der Waals surface area contributed by atoms with E-state index in [1.165, 1.54) is 0 Å². The van der Waals surface area contributed by atoms with Crippen molar-refractivity contribution in [3.05, 3.63) is 46.1 Å². The first-order chi connectivity index (χ1) is 13.8. The highest BCUT2D eigenvalue weighted by atomic mass is 16.5. The van der Waals surface area contributed by atoms with Gasteiger partial charge in [0.15, 0.2) is 22.6 Å². The molecule has 5 rings (SSSR count). The fourth-order valence-corrected chi connectivity index (χ4v) is 3.42. The molecular formula is C19H21N5O4. The van der Waals surface area contributed by atoms with Crippen molar-refractivity contribution < 1.29 is 13.9 Å². The standard InChI is InChI=1S/C19H21N5O4/c25-16-10-14(11-23-6-8-26-9-7-23)28-19-15(16)2-1-3-17(19)27-12-18-20-21-22-24(18)13-4-5-13/h1-3,10,13H,4-9,11-12H2. The van der Waals surface area contributed by atoms with E-state index >= 15 is 0 Å². The number of fused-ring (bicyclic) bond motifs is 1. The Morgan fingerprint density at radius 2 is 2.07 bits per heavy atom. The third-order valence-electron chi connectivity index (χ3n) is 5.06. The molecule has 1 aliphatic heterocycles. The van der Waals surface area contributed by atoms with Gasteiger partial charge in [0.25, 0.3) is 0 Å². The third-order valence-corrected chi connectivity index (χ3v) is 5.06. The average molecular weight is 383 g/mol. The quantitative estimate of drug-likeness (QED) is 0.632. The van der Waals surface area contributed by atoms with Gasteiger partial charge in [0.1, 0.15) is 12.4 Å². The summed E-state index contributed by atoms with van der Waals surface area (Å²) in [7, 11) is 0. The summed E-state index contributed by atoms with van der Waals surface area (Å²) in [5, 5.41) is 12.3. The molecule has 0 radical (unpaired) electrons. The molecule has 0 bridgehead atoms. The molecule has 3 heterocycles. The molecule has 0 N–H and O–H groups in total. The topological polar surface area (TPSA) is 95.5 Å². The van der Waals surface area contributed by atoms with Gasteiger partial charge in [-0.1, -0.05) is 6.07 Å². The first-order valence-electron chi connectivity index (χ1n) is 9.53. The van der Waals surface area contributed by atoms with Crippen LogP contribution in [0.3, 0.4) is 0 Å². The second-order valence-corrected chi connectivity index (χ2v) is 7.16. The lowest BCUT2D eigenvalue weighted by Gasteiger charge is -2.25. The Balaban J connectivity index is 1.41. The Morgan fingerprint density at radius 1 is 1.21 bits per heavy atom. The van der Waals surface area contributed by atoms with Crippen LogP contribution in [-0.4, -0.2) is 51.4 Å². The monoisotopic (exact) mass is 383 g/mol. The lowest BCUT2D eigenvalue weighted by Crippen LogP contribution is -2.35. The van der Waals surface area contributed by atoms with Gasteiger partial charge in [-0.25, -0.2) is 4.68 Å². The second kappa shape index (κ2) is 7.33. The molecule has 0 atom stereocenters. The van der Waals surface area contributed by atoms with Crippen LogP contribution in [0, 0.1) is 0 Å². The van der Waals surface area contributed by atoms with E-state index in [4.69, 9.17) is 13.9 Å². The molecule has 2 fully saturated rings. The number of aromatic nitrogens is 4. The number of benzene rings is 1. The Kier molecular flexibility index (Phi) is 4.53. The zero-order valence-electron chi connectivity index (χ0n) is 15.4. The van der Waals surface area contributed by atoms with Crippen LogP contribution >= 0.6 is 0 Å². The largest absolute Gasteiger partial charge is 0.482 e. The van der Waals surface area contributed by atoms with Gasteiger partial charge in [0.05, 0.1) is 31.2 Å². The molecule has 28 heavy (non-hydrogen) atoms. The third kappa shape index (κ3) is 3.50. The van der Waals surface area contributed by atoms with Gasteiger partial charge < -0.3 is 13.9 Å². The van der Waals surface area contributed by atoms with Crippen molar-refractivity contribution in [2.24, 2.45) is 0 Å². The number of hydrogen-bond donors (Lipinski definition) is 0. The highest BCUT2D eigenvalue weighted by molar-refractivity contribution is 5.82. The summed E-state index contributed by atoms with van der Waals surface area (Å²) in [5.74, 6) is 1.81. The predicted octanol–water partition coefficient (Wildman–Crippen LogP) is 1.53. The van der Waals surface area contributed by atoms with E-state index in [1.807, 2.05) is 4.68 Å². The van der Waals surface area contributed by atoms with Crippen molar-refractivity contribution >= 4 is 11.0 Å². The molecule has 1 saturated heterocycles. The van der Waals surface area contributed by atoms with E-state index < -0.39 is 0 Å². The first-order valence-corrected chi connectivity index (χ1v) is 9.53. The second-order valence-electron chi connectivity index (χ2n) is 7.16. The van der Waals surface area contributed by atoms with E-state index in [1.54, 1.807) is 24.3 Å². The van der Waals surface area contributed by atoms with Gasteiger partial charge in [0.2, 0.25) is 0 Å². The van der Waals surface area contributed by atoms with E-state index in [0.29, 0.717) is 54.1 Å². The molecule has 3 aromatic rings. The zero-order valence-corrected chi connectivity index (χ0v) is 15.4. The van der Waals surface area contributed by atoms with Crippen LogP contribution in [-0.2, 0) is 17.9 Å². The number of morpholine rings is 1. The molecule has 0 amide bonds. The van der Waals surface area contributed by atoms with Crippen molar-refractivity contribution in [2.45, 2.75) is 32.0 Å². The minimum absolute atomic E-state index is 0.0715. The van der Waals surface area contributed by atoms with E-state index in [9.17, 15) is 4.79 Å². The predicted molar refractivity (Wildman–Crippen MR) is 99.0 cm³/mol. The van der Waals surface area contributed by atoms with E-state index in [-0.39, 0.29) is 12.0 Å². The van der Waals surface area contributed by atoms with Crippen molar-refractivity contribution in [3.63, 3.8) is 0 Å². The summed E-state index contributed by atoms with van der Waals surface area (Å²) >= 11 is 0. The van der Waals surface area contributed by atoms with Crippen LogP contribution in [0.4, 0.5) is 0 Å². The highest BCUT2D eigenvalue weighted by Gasteiger charge is 2.28. The molecule has 2 aromatic heterocycles. The number of nitrogens with zero attached hydrogens (tertiary/aromatic N) is 5. The minimum atomic E-state index is -0.0715. The van der Waals surface area contributed by atoms with Crippen LogP contribution in [0.5, 0.6) is 5.75 Å². The molecule has 9 heteroatoms. The molecule has 0 unspecified atom stereocenters. The van der Waals surface area contributed by atoms with Crippen LogP contribution in [0.25, 0.3) is 11.0 Å². The molecule has 0 spiro atoms. The van der Waals surface area contributed by atoms with Gasteiger partial charge in [0, 0.05) is 19.2 Å². The van der Waals surface area contributed by atoms with Gasteiger partial charge >= 0.3 is 0 Å². The summed E-state index contributed by atoms with van der Waals surface area (Å²) in [5.41, 5.74) is 0.390. The van der Waals surface area contributed by atoms with Crippen LogP contribution in [0.1, 0.15) is 30.5 Å². The highest BCUT2D eigenvalue weighted by Crippen LogP contribution is 2.34. The lowest BCUT2D eigenvalue weighted by molar-refractivity contribution is 0.0313. The summed E-state index contributed by atoms with van der Waals surface area (Å²) in [6.07, 6.45) is 2.18. The maximum atomic E-state index is 12.6. The zero-order chi connectivity index (χ0) is 18.9. The van der Waals surface area contributed by atoms with E-state index in [0.717, 1.165) is 25.9 Å². The number of tetrazole rings is 1. The van der Waals surface area contributed by atoms with Crippen molar-refractivity contribution in [2.75, 3.05) is 26.3 Å². The maximum Gasteiger partial charge on any atom is 0.193 e. The summed E-state index contributed by atoms with van der Waals surface area (Å²) in [4.78, 5) is 14.8. The number of rotatable bonds is 6. The fourth-order valence-electron chi connectivity index (χ4n) is 3.42. The number of hydrogen-bond acceptors (Lipinski definition) is 8. The molecular weight excluding hydrogens is 362 g/mol. The maximum absolute atomic E-state index is 12.6. The summed E-state index contributed by atoms with van der Waals surface area (Å²) in [6.45, 7) is 3.83. The minimum Gasteiger partial charge on any atom is -0.482 e. The molecule has 1 saturated carbocycles. The van der Waals surface area contributed by atoms with Gasteiger partial charge in [-0.2, -0.15) is 0 Å². The Morgan fingerprint density at radius 3 is 2.89 bits per heavy atom. The van der Waals surface area contributed by atoms with Crippen LogP contribution in [0.15, 0.2) is 33.5 Å². The van der Waals surface area contributed by atoms with Crippen LogP contribution in [0.2, 0.25) is 0 Å². The summed E-state index contributed by atoms with van der Waals surface area (Å²) < 4.78 is 19.2. The lowest BCUT2D eigenvalue weighted by atomic mass is 10.2. The van der Waals surface area contributed by atoms with Crippen molar-refractivity contribution in [3.8, 4) is 5.75 Å². The molecule has 9 nitrogen and oxygen atoms in total. The normalized spacial score (nSPS) is 17.9. The summed E-state index contributed by atoms with van der Waals surface area (Å²) in [6, 6.07) is 7.28. The van der Waals surface area contributed by atoms with Gasteiger partial charge in [-0.3, -0.25) is 9.69 Å². The Hall–Kier alpha value is -2.78. The average Bonchev–Trinajstić information content (AvgIpc) is 3.45. The Bertz CT molecular complexity index is 1040. The van der Waals surface area contributed by atoms with E-state index in [2.05, 4.69) is 20.4 Å². The molecule has 146 valence electrons. The Labute approximate surface area is 160 Å². The molecule has 1 aliphatic carbocycles. The smallest absolute Gasteiger partial charge is 0.193 e. The fraction of sp³-hybridized carbons (Fsp3) is 0.474. The van der Waals surface area contributed by atoms with Gasteiger partial charge in [-0.05, 0) is 35.4 Å². The first kappa shape index (κ1) is 17.3. The number of para-hydroxylation sites is 1.